The molecule has 1 aromatic rings. The molecule has 2 amide bonds. The number of hydrogen-bond donors (Lipinski definition) is 1. The normalized spacial score (nSPS) is 24.1. The number of amides is 2. The van der Waals surface area contributed by atoms with E-state index in [4.69, 9.17) is 4.74 Å². The van der Waals surface area contributed by atoms with Gasteiger partial charge in [-0.1, -0.05) is 12.1 Å². The van der Waals surface area contributed by atoms with Gasteiger partial charge in [0.15, 0.2) is 0 Å². The molecule has 0 unspecified atom stereocenters. The van der Waals surface area contributed by atoms with Crippen LogP contribution in [0.15, 0.2) is 24.3 Å². The van der Waals surface area contributed by atoms with Crippen LogP contribution in [0.1, 0.15) is 43.7 Å². The topological polar surface area (TPSA) is 41.6 Å². The molecule has 1 atom stereocenters. The molecule has 0 bridgehead atoms. The summed E-state index contributed by atoms with van der Waals surface area (Å²) < 4.78 is 5.29. The Bertz CT molecular complexity index is 554. The van der Waals surface area contributed by atoms with E-state index >= 15 is 0 Å². The molecular formula is C18H24N2O2. The second-order valence-corrected chi connectivity index (χ2v) is 6.92. The van der Waals surface area contributed by atoms with Crippen LogP contribution in [0.25, 0.3) is 0 Å². The summed E-state index contributed by atoms with van der Waals surface area (Å²) in [5.41, 5.74) is 1.18. The maximum absolute atomic E-state index is 12.6. The number of rotatable bonds is 5. The molecule has 4 nitrogen and oxygen atoms in total. The smallest absolute Gasteiger partial charge is 0.318 e. The molecule has 3 aliphatic rings. The highest BCUT2D eigenvalue weighted by Crippen LogP contribution is 2.45. The number of nitrogens with one attached hydrogen (secondary N) is 1. The van der Waals surface area contributed by atoms with Gasteiger partial charge in [-0.05, 0) is 61.6 Å². The number of urea groups is 1. The quantitative estimate of drug-likeness (QED) is 0.906. The van der Waals surface area contributed by atoms with Crippen molar-refractivity contribution < 1.29 is 9.53 Å². The molecule has 2 aliphatic carbocycles. The van der Waals surface area contributed by atoms with E-state index in [-0.39, 0.29) is 12.1 Å². The fraction of sp³-hybridized carbons (Fsp3) is 0.611. The van der Waals surface area contributed by atoms with Crippen LogP contribution in [0, 0.1) is 11.8 Å². The van der Waals surface area contributed by atoms with Crippen LogP contribution in [0.2, 0.25) is 0 Å². The second kappa shape index (κ2) is 5.49. The number of carbonyl (C=O) groups excluding carboxylic acids is 1. The van der Waals surface area contributed by atoms with Crippen molar-refractivity contribution in [2.75, 3.05) is 13.7 Å². The minimum atomic E-state index is 0.128. The van der Waals surface area contributed by atoms with Gasteiger partial charge in [-0.2, -0.15) is 0 Å². The van der Waals surface area contributed by atoms with Crippen molar-refractivity contribution in [3.63, 3.8) is 0 Å². The molecule has 1 aliphatic heterocycles. The van der Waals surface area contributed by atoms with E-state index in [0.29, 0.717) is 6.04 Å². The highest BCUT2D eigenvalue weighted by molar-refractivity contribution is 5.76. The number of ether oxygens (including phenoxy) is 1. The third kappa shape index (κ3) is 2.67. The number of likely N-dealkylation sites (tertiary alicyclic amines) is 1. The zero-order chi connectivity index (χ0) is 15.1. The van der Waals surface area contributed by atoms with Crippen LogP contribution >= 0.6 is 0 Å². The fourth-order valence-corrected chi connectivity index (χ4v) is 3.58. The second-order valence-electron chi connectivity index (χ2n) is 6.92. The van der Waals surface area contributed by atoms with E-state index in [1.807, 2.05) is 23.1 Å². The Labute approximate surface area is 131 Å². The lowest BCUT2D eigenvalue weighted by molar-refractivity contribution is 0.110. The van der Waals surface area contributed by atoms with Gasteiger partial charge < -0.3 is 15.0 Å². The van der Waals surface area contributed by atoms with Gasteiger partial charge >= 0.3 is 6.03 Å². The Morgan fingerprint density at radius 2 is 1.95 bits per heavy atom. The number of nitrogens with zero attached hydrogens (tertiary/aromatic N) is 1. The van der Waals surface area contributed by atoms with Gasteiger partial charge in [-0.15, -0.1) is 0 Å². The minimum Gasteiger partial charge on any atom is -0.497 e. The average molecular weight is 300 g/mol. The predicted molar refractivity (Wildman–Crippen MR) is 84.8 cm³/mol. The van der Waals surface area contributed by atoms with Crippen molar-refractivity contribution in [2.24, 2.45) is 11.8 Å². The van der Waals surface area contributed by atoms with Gasteiger partial charge in [0.2, 0.25) is 0 Å². The first-order valence-corrected chi connectivity index (χ1v) is 8.47. The zero-order valence-electron chi connectivity index (χ0n) is 13.1. The number of benzene rings is 1. The van der Waals surface area contributed by atoms with Crippen molar-refractivity contribution in [3.05, 3.63) is 29.8 Å². The summed E-state index contributed by atoms with van der Waals surface area (Å²) in [5, 5.41) is 3.33. The average Bonchev–Trinajstić information content (AvgIpc) is 3.37. The van der Waals surface area contributed by atoms with E-state index in [1.165, 1.54) is 31.2 Å². The first kappa shape index (κ1) is 13.9. The summed E-state index contributed by atoms with van der Waals surface area (Å²) >= 11 is 0. The van der Waals surface area contributed by atoms with E-state index in [0.717, 1.165) is 30.6 Å². The Morgan fingerprint density at radius 3 is 2.50 bits per heavy atom. The van der Waals surface area contributed by atoms with Gasteiger partial charge in [-0.25, -0.2) is 4.79 Å². The summed E-state index contributed by atoms with van der Waals surface area (Å²) in [6.45, 7) is 0.857. The van der Waals surface area contributed by atoms with Crippen molar-refractivity contribution in [1.29, 1.82) is 0 Å². The van der Waals surface area contributed by atoms with Gasteiger partial charge in [-0.3, -0.25) is 0 Å². The molecule has 4 rings (SSSR count). The first-order chi connectivity index (χ1) is 10.8. The van der Waals surface area contributed by atoms with Gasteiger partial charge in [0.05, 0.1) is 13.2 Å². The summed E-state index contributed by atoms with van der Waals surface area (Å²) in [5.74, 6) is 2.35. The summed E-state index contributed by atoms with van der Waals surface area (Å²) in [6.07, 6.45) is 6.21. The third-order valence-electron chi connectivity index (χ3n) is 5.31. The van der Waals surface area contributed by atoms with E-state index in [2.05, 4.69) is 11.4 Å². The van der Waals surface area contributed by atoms with Gasteiger partial charge in [0, 0.05) is 12.6 Å². The SMILES string of the molecule is COc1cccc([C@@H]2CCN2C(=O)NC(C2CC2)C2CC2)c1. The Morgan fingerprint density at radius 1 is 1.23 bits per heavy atom. The molecule has 4 heteroatoms. The monoisotopic (exact) mass is 300 g/mol. The van der Waals surface area contributed by atoms with Crippen LogP contribution in [0.4, 0.5) is 4.79 Å². The first-order valence-electron chi connectivity index (χ1n) is 8.47. The third-order valence-corrected chi connectivity index (χ3v) is 5.31. The zero-order valence-corrected chi connectivity index (χ0v) is 13.1. The molecule has 1 saturated heterocycles. The lowest BCUT2D eigenvalue weighted by atomic mass is 9.95. The highest BCUT2D eigenvalue weighted by atomic mass is 16.5. The van der Waals surface area contributed by atoms with E-state index in [9.17, 15) is 4.79 Å². The van der Waals surface area contributed by atoms with Crippen LogP contribution in [0.3, 0.4) is 0 Å². The van der Waals surface area contributed by atoms with Crippen molar-refractivity contribution in [2.45, 2.75) is 44.2 Å². The van der Waals surface area contributed by atoms with Crippen molar-refractivity contribution in [3.8, 4) is 5.75 Å². The molecule has 0 spiro atoms. The lowest BCUT2D eigenvalue weighted by Crippen LogP contribution is -2.53. The van der Waals surface area contributed by atoms with Crippen LogP contribution in [-0.4, -0.2) is 30.6 Å². The van der Waals surface area contributed by atoms with E-state index < -0.39 is 0 Å². The molecule has 1 heterocycles. The Hall–Kier alpha value is -1.71. The maximum atomic E-state index is 12.6. The molecule has 1 aromatic carbocycles. The Balaban J connectivity index is 1.42. The standard InChI is InChI=1S/C18H24N2O2/c1-22-15-4-2-3-14(11-15)16-9-10-20(16)18(21)19-17(12-5-6-12)13-7-8-13/h2-4,11-13,16-17H,5-10H2,1H3,(H,19,21)/t16-/m0/s1. The van der Waals surface area contributed by atoms with Crippen LogP contribution < -0.4 is 10.1 Å². The Kier molecular flexibility index (Phi) is 3.47. The molecule has 0 aromatic heterocycles. The van der Waals surface area contributed by atoms with Crippen LogP contribution in [-0.2, 0) is 0 Å². The molecule has 22 heavy (non-hydrogen) atoms. The van der Waals surface area contributed by atoms with Crippen molar-refractivity contribution in [1.82, 2.24) is 10.2 Å². The molecule has 2 saturated carbocycles. The number of methoxy groups -OCH3 is 1. The van der Waals surface area contributed by atoms with Gasteiger partial charge in [0.1, 0.15) is 5.75 Å². The lowest BCUT2D eigenvalue weighted by Gasteiger charge is -2.42. The van der Waals surface area contributed by atoms with Crippen molar-refractivity contribution >= 4 is 6.03 Å². The molecule has 0 radical (unpaired) electrons. The maximum Gasteiger partial charge on any atom is 0.318 e. The number of hydrogen-bond acceptors (Lipinski definition) is 2. The molecular weight excluding hydrogens is 276 g/mol. The number of carbonyl (C=O) groups is 1. The summed E-state index contributed by atoms with van der Waals surface area (Å²) in [6, 6.07) is 8.84. The van der Waals surface area contributed by atoms with Crippen LogP contribution in [0.5, 0.6) is 5.75 Å². The molecule has 1 N–H and O–H groups in total. The largest absolute Gasteiger partial charge is 0.497 e. The minimum absolute atomic E-state index is 0.128. The summed E-state index contributed by atoms with van der Waals surface area (Å²) in [7, 11) is 1.68. The fourth-order valence-electron chi connectivity index (χ4n) is 3.58. The molecule has 118 valence electrons. The predicted octanol–water partition coefficient (Wildman–Crippen LogP) is 3.34. The molecule has 3 fully saturated rings. The highest BCUT2D eigenvalue weighted by Gasteiger charge is 2.44. The van der Waals surface area contributed by atoms with Gasteiger partial charge in [0.25, 0.3) is 0 Å². The van der Waals surface area contributed by atoms with E-state index in [1.54, 1.807) is 7.11 Å². The summed E-state index contributed by atoms with van der Waals surface area (Å²) in [4.78, 5) is 14.6.